The maximum atomic E-state index is 6.27. The molecule has 0 amide bonds. The molecule has 0 radical (unpaired) electrons. The van der Waals surface area contributed by atoms with Crippen molar-refractivity contribution < 1.29 is 9.47 Å². The van der Waals surface area contributed by atoms with Gasteiger partial charge in [-0.05, 0) is 39.2 Å². The Labute approximate surface area is 105 Å². The van der Waals surface area contributed by atoms with Crippen LogP contribution in [0.2, 0.25) is 0 Å². The highest BCUT2D eigenvalue weighted by Gasteiger charge is 2.43. The van der Waals surface area contributed by atoms with Crippen molar-refractivity contribution in [3.05, 3.63) is 0 Å². The van der Waals surface area contributed by atoms with Gasteiger partial charge in [-0.25, -0.2) is 0 Å². The zero-order chi connectivity index (χ0) is 12.3. The quantitative estimate of drug-likeness (QED) is 0.801. The van der Waals surface area contributed by atoms with E-state index in [4.69, 9.17) is 9.47 Å². The molecule has 0 aromatic carbocycles. The van der Waals surface area contributed by atoms with E-state index in [0.717, 1.165) is 18.9 Å². The smallest absolute Gasteiger partial charge is 0.0990 e. The molecule has 5 atom stereocenters. The van der Waals surface area contributed by atoms with E-state index < -0.39 is 0 Å². The molecule has 0 aromatic heterocycles. The number of nitrogens with one attached hydrogen (secondary N) is 1. The molecule has 2 fully saturated rings. The van der Waals surface area contributed by atoms with Crippen LogP contribution in [0.5, 0.6) is 0 Å². The molecular formula is C14H27NO2. The molecule has 5 unspecified atom stereocenters. The highest BCUT2D eigenvalue weighted by molar-refractivity contribution is 4.97. The van der Waals surface area contributed by atoms with Crippen LogP contribution in [0.3, 0.4) is 0 Å². The van der Waals surface area contributed by atoms with Crippen LogP contribution < -0.4 is 5.32 Å². The van der Waals surface area contributed by atoms with Crippen molar-refractivity contribution in [2.75, 3.05) is 13.7 Å². The fourth-order valence-electron chi connectivity index (χ4n) is 3.12. The third kappa shape index (κ3) is 3.01. The van der Waals surface area contributed by atoms with Crippen molar-refractivity contribution >= 4 is 0 Å². The van der Waals surface area contributed by atoms with Gasteiger partial charge in [0.05, 0.1) is 18.3 Å². The fraction of sp³-hybridized carbons (Fsp3) is 1.00. The van der Waals surface area contributed by atoms with Crippen LogP contribution in [0.1, 0.15) is 46.0 Å². The highest BCUT2D eigenvalue weighted by atomic mass is 16.6. The maximum Gasteiger partial charge on any atom is 0.0990 e. The third-order valence-corrected chi connectivity index (χ3v) is 4.36. The first-order valence-electron chi connectivity index (χ1n) is 7.20. The summed E-state index contributed by atoms with van der Waals surface area (Å²) in [6.45, 7) is 5.17. The van der Waals surface area contributed by atoms with E-state index in [2.05, 4.69) is 19.2 Å². The molecular weight excluding hydrogens is 214 g/mol. The Morgan fingerprint density at radius 1 is 1.18 bits per heavy atom. The van der Waals surface area contributed by atoms with Gasteiger partial charge in [0.1, 0.15) is 0 Å². The maximum absolute atomic E-state index is 6.27. The minimum atomic E-state index is 0.263. The van der Waals surface area contributed by atoms with Crippen molar-refractivity contribution in [3.8, 4) is 0 Å². The van der Waals surface area contributed by atoms with E-state index in [9.17, 15) is 0 Å². The van der Waals surface area contributed by atoms with Crippen molar-refractivity contribution in [2.24, 2.45) is 5.92 Å². The average molecular weight is 241 g/mol. The summed E-state index contributed by atoms with van der Waals surface area (Å²) in [5.41, 5.74) is 0. The lowest BCUT2D eigenvalue weighted by atomic mass is 9.83. The van der Waals surface area contributed by atoms with E-state index in [-0.39, 0.29) is 6.10 Å². The predicted molar refractivity (Wildman–Crippen MR) is 69.2 cm³/mol. The van der Waals surface area contributed by atoms with Gasteiger partial charge < -0.3 is 14.8 Å². The molecule has 0 spiro atoms. The molecule has 2 rings (SSSR count). The summed E-state index contributed by atoms with van der Waals surface area (Å²) in [5, 5.41) is 3.31. The Bertz CT molecular complexity index is 234. The second kappa shape index (κ2) is 6.17. The largest absolute Gasteiger partial charge is 0.374 e. The van der Waals surface area contributed by atoms with Crippen molar-refractivity contribution in [1.29, 1.82) is 0 Å². The number of likely N-dealkylation sites (N-methyl/N-ethyl adjacent to an activating group) is 1. The van der Waals surface area contributed by atoms with Gasteiger partial charge in [0.2, 0.25) is 0 Å². The monoisotopic (exact) mass is 241 g/mol. The SMILES string of the molecule is CCOC1C(NC)CC1OC1CCCCC1C. The second-order valence-electron chi connectivity index (χ2n) is 5.53. The van der Waals surface area contributed by atoms with Crippen molar-refractivity contribution in [2.45, 2.75) is 70.3 Å². The second-order valence-corrected chi connectivity index (χ2v) is 5.53. The first kappa shape index (κ1) is 13.3. The van der Waals surface area contributed by atoms with E-state index in [1.807, 2.05) is 7.05 Å². The van der Waals surface area contributed by atoms with E-state index in [1.165, 1.54) is 25.7 Å². The highest BCUT2D eigenvalue weighted by Crippen LogP contribution is 2.33. The van der Waals surface area contributed by atoms with Crippen molar-refractivity contribution in [3.63, 3.8) is 0 Å². The van der Waals surface area contributed by atoms with Gasteiger partial charge >= 0.3 is 0 Å². The summed E-state index contributed by atoms with van der Waals surface area (Å²) >= 11 is 0. The number of hydrogen-bond acceptors (Lipinski definition) is 3. The molecule has 3 heteroatoms. The lowest BCUT2D eigenvalue weighted by Gasteiger charge is -2.46. The fourth-order valence-corrected chi connectivity index (χ4v) is 3.12. The van der Waals surface area contributed by atoms with E-state index >= 15 is 0 Å². The van der Waals surface area contributed by atoms with E-state index in [0.29, 0.717) is 18.2 Å². The summed E-state index contributed by atoms with van der Waals surface area (Å²) in [4.78, 5) is 0. The Balaban J connectivity index is 1.82. The topological polar surface area (TPSA) is 30.5 Å². The predicted octanol–water partition coefficient (Wildman–Crippen LogP) is 2.35. The minimum Gasteiger partial charge on any atom is -0.374 e. The molecule has 17 heavy (non-hydrogen) atoms. The summed E-state index contributed by atoms with van der Waals surface area (Å²) in [7, 11) is 2.01. The standard InChI is InChI=1S/C14H27NO2/c1-4-16-14-11(15-3)9-13(14)17-12-8-6-5-7-10(12)2/h10-15H,4-9H2,1-3H3. The summed E-state index contributed by atoms with van der Waals surface area (Å²) in [5.74, 6) is 0.722. The Hall–Kier alpha value is -0.120. The number of ether oxygens (including phenoxy) is 2. The average Bonchev–Trinajstić information content (AvgIpc) is 2.33. The summed E-state index contributed by atoms with van der Waals surface area (Å²) in [6.07, 6.45) is 7.42. The van der Waals surface area contributed by atoms with Crippen LogP contribution in [-0.2, 0) is 9.47 Å². The molecule has 3 nitrogen and oxygen atoms in total. The summed E-state index contributed by atoms with van der Waals surface area (Å²) < 4.78 is 12.1. The van der Waals surface area contributed by atoms with Crippen molar-refractivity contribution in [1.82, 2.24) is 5.32 Å². The molecule has 0 bridgehead atoms. The van der Waals surface area contributed by atoms with Crippen LogP contribution in [0.4, 0.5) is 0 Å². The molecule has 0 aromatic rings. The van der Waals surface area contributed by atoms with Crippen LogP contribution >= 0.6 is 0 Å². The molecule has 2 aliphatic carbocycles. The molecule has 0 heterocycles. The zero-order valence-corrected chi connectivity index (χ0v) is 11.4. The van der Waals surface area contributed by atoms with Gasteiger partial charge in [-0.2, -0.15) is 0 Å². The summed E-state index contributed by atoms with van der Waals surface area (Å²) in [6, 6.07) is 0.485. The van der Waals surface area contributed by atoms with Gasteiger partial charge in [0, 0.05) is 12.6 Å². The van der Waals surface area contributed by atoms with Gasteiger partial charge in [0.15, 0.2) is 0 Å². The minimum absolute atomic E-state index is 0.263. The molecule has 100 valence electrons. The van der Waals surface area contributed by atoms with Gasteiger partial charge in [-0.1, -0.05) is 19.8 Å². The zero-order valence-electron chi connectivity index (χ0n) is 11.4. The first-order valence-corrected chi connectivity index (χ1v) is 7.20. The number of hydrogen-bond donors (Lipinski definition) is 1. The number of rotatable bonds is 5. The molecule has 0 aliphatic heterocycles. The van der Waals surface area contributed by atoms with Crippen LogP contribution in [0, 0.1) is 5.92 Å². The Kier molecular flexibility index (Phi) is 4.83. The molecule has 2 aliphatic rings. The lowest BCUT2D eigenvalue weighted by Crippen LogP contribution is -2.60. The Morgan fingerprint density at radius 3 is 2.59 bits per heavy atom. The normalized spacial score (nSPS) is 42.2. The molecule has 1 N–H and O–H groups in total. The van der Waals surface area contributed by atoms with Crippen LogP contribution in [0.15, 0.2) is 0 Å². The van der Waals surface area contributed by atoms with Crippen LogP contribution in [-0.4, -0.2) is 38.0 Å². The van der Waals surface area contributed by atoms with Gasteiger partial charge in [-0.3, -0.25) is 0 Å². The van der Waals surface area contributed by atoms with Crippen LogP contribution in [0.25, 0.3) is 0 Å². The third-order valence-electron chi connectivity index (χ3n) is 4.36. The van der Waals surface area contributed by atoms with E-state index in [1.54, 1.807) is 0 Å². The molecule has 0 saturated heterocycles. The first-order chi connectivity index (χ1) is 8.26. The molecule has 2 saturated carbocycles. The Morgan fingerprint density at radius 2 is 1.94 bits per heavy atom. The lowest BCUT2D eigenvalue weighted by molar-refractivity contribution is -0.178. The van der Waals surface area contributed by atoms with Gasteiger partial charge in [0.25, 0.3) is 0 Å². The van der Waals surface area contributed by atoms with Gasteiger partial charge in [-0.15, -0.1) is 0 Å².